The van der Waals surface area contributed by atoms with Gasteiger partial charge in [0, 0.05) is 45.8 Å². The Bertz CT molecular complexity index is 1630. The molecule has 2 aromatic heterocycles. The molecule has 2 heterocycles. The van der Waals surface area contributed by atoms with Crippen molar-refractivity contribution in [2.45, 2.75) is 147 Å². The Hall–Kier alpha value is -3.59. The number of benzene rings is 3. The van der Waals surface area contributed by atoms with Crippen molar-refractivity contribution in [2.24, 2.45) is 0 Å². The summed E-state index contributed by atoms with van der Waals surface area (Å²) in [6.45, 7) is 35.7. The van der Waals surface area contributed by atoms with Crippen LogP contribution in [-0.2, 0) is 5.41 Å². The van der Waals surface area contributed by atoms with E-state index in [0.29, 0.717) is 6.04 Å². The fourth-order valence-electron chi connectivity index (χ4n) is 6.95. The third-order valence-corrected chi connectivity index (χ3v) is 9.16. The van der Waals surface area contributed by atoms with Crippen LogP contribution in [0.4, 0.5) is 0 Å². The SMILES string of the molecule is C=C.CC.CC.CC.CC.CCC(C)(C)c1cc2c(cc1-c1nccn1-c1c(C)cc(C)cc1C)c1ccccc1n2C1CCCCC1. The summed E-state index contributed by atoms with van der Waals surface area (Å²) in [5, 5.41) is 2.71. The first-order valence-corrected chi connectivity index (χ1v) is 19.0. The molecule has 0 unspecified atom stereocenters. The lowest BCUT2D eigenvalue weighted by atomic mass is 9.79. The van der Waals surface area contributed by atoms with E-state index in [2.05, 4.69) is 119 Å². The van der Waals surface area contributed by atoms with Gasteiger partial charge in [0.1, 0.15) is 5.82 Å². The zero-order valence-electron chi connectivity index (χ0n) is 33.3. The van der Waals surface area contributed by atoms with Crippen LogP contribution in [0.3, 0.4) is 0 Å². The molecule has 3 heteroatoms. The first-order valence-electron chi connectivity index (χ1n) is 19.0. The van der Waals surface area contributed by atoms with Crippen molar-refractivity contribution in [3.63, 3.8) is 0 Å². The molecule has 6 rings (SSSR count). The van der Waals surface area contributed by atoms with Crippen molar-refractivity contribution in [2.75, 3.05) is 0 Å². The number of nitrogens with zero attached hydrogens (tertiary/aromatic N) is 3. The topological polar surface area (TPSA) is 22.8 Å². The Kier molecular flexibility index (Phi) is 18.3. The van der Waals surface area contributed by atoms with Crippen LogP contribution in [0, 0.1) is 20.8 Å². The molecule has 5 aromatic rings. The lowest BCUT2D eigenvalue weighted by Crippen LogP contribution is -2.18. The van der Waals surface area contributed by atoms with Crippen LogP contribution in [0.2, 0.25) is 0 Å². The van der Waals surface area contributed by atoms with Gasteiger partial charge in [0.25, 0.3) is 0 Å². The van der Waals surface area contributed by atoms with Crippen molar-refractivity contribution < 1.29 is 0 Å². The van der Waals surface area contributed by atoms with Crippen molar-refractivity contribution >= 4 is 21.8 Å². The van der Waals surface area contributed by atoms with Crippen molar-refractivity contribution in [1.82, 2.24) is 14.1 Å². The van der Waals surface area contributed by atoms with Crippen LogP contribution in [0.15, 0.2) is 74.1 Å². The van der Waals surface area contributed by atoms with Gasteiger partial charge >= 0.3 is 0 Å². The Morgan fingerprint density at radius 1 is 0.750 bits per heavy atom. The largest absolute Gasteiger partial charge is 0.337 e. The zero-order valence-corrected chi connectivity index (χ0v) is 33.3. The second-order valence-corrected chi connectivity index (χ2v) is 12.2. The van der Waals surface area contributed by atoms with Crippen molar-refractivity contribution in [1.29, 1.82) is 0 Å². The summed E-state index contributed by atoms with van der Waals surface area (Å²) in [6, 6.07) is 19.2. The smallest absolute Gasteiger partial charge is 0.144 e. The molecule has 0 amide bonds. The van der Waals surface area contributed by atoms with Gasteiger partial charge in [-0.3, -0.25) is 4.57 Å². The fraction of sp³-hybridized carbons (Fsp3) is 0.489. The molecule has 1 fully saturated rings. The predicted octanol–water partition coefficient (Wildman–Crippen LogP) is 14.7. The Balaban J connectivity index is 0.00000106. The minimum absolute atomic E-state index is 0.0194. The minimum atomic E-state index is 0.0194. The van der Waals surface area contributed by atoms with Crippen LogP contribution in [0.1, 0.15) is 143 Å². The first-order chi connectivity index (χ1) is 23.3. The van der Waals surface area contributed by atoms with E-state index in [1.807, 2.05) is 61.6 Å². The van der Waals surface area contributed by atoms with Gasteiger partial charge < -0.3 is 4.57 Å². The number of para-hydroxylation sites is 1. The number of hydrogen-bond donors (Lipinski definition) is 0. The lowest BCUT2D eigenvalue weighted by molar-refractivity contribution is 0.367. The molecule has 264 valence electrons. The monoisotopic (exact) mass is 652 g/mol. The van der Waals surface area contributed by atoms with Crippen molar-refractivity contribution in [3.05, 3.63) is 96.3 Å². The highest BCUT2D eigenvalue weighted by atomic mass is 15.1. The average molecular weight is 652 g/mol. The molecule has 0 N–H and O–H groups in total. The van der Waals surface area contributed by atoms with Gasteiger partial charge in [0.05, 0.1) is 5.69 Å². The molecule has 0 aliphatic heterocycles. The van der Waals surface area contributed by atoms with Gasteiger partial charge in [0.15, 0.2) is 0 Å². The summed E-state index contributed by atoms with van der Waals surface area (Å²) in [5.41, 5.74) is 10.5. The quantitative estimate of drug-likeness (QED) is 0.173. The number of hydrogen-bond acceptors (Lipinski definition) is 1. The van der Waals surface area contributed by atoms with Crippen LogP contribution in [0.25, 0.3) is 38.9 Å². The molecule has 0 bridgehead atoms. The van der Waals surface area contributed by atoms with E-state index >= 15 is 0 Å². The predicted molar refractivity (Wildman–Crippen MR) is 218 cm³/mol. The van der Waals surface area contributed by atoms with Crippen molar-refractivity contribution in [3.8, 4) is 17.1 Å². The van der Waals surface area contributed by atoms with E-state index < -0.39 is 0 Å². The molecule has 3 nitrogen and oxygen atoms in total. The van der Waals surface area contributed by atoms with E-state index in [1.165, 1.54) is 87.4 Å². The van der Waals surface area contributed by atoms with Crippen LogP contribution in [0.5, 0.6) is 0 Å². The molecule has 48 heavy (non-hydrogen) atoms. The Morgan fingerprint density at radius 3 is 1.88 bits per heavy atom. The van der Waals surface area contributed by atoms with Crippen LogP contribution in [-0.4, -0.2) is 14.1 Å². The molecule has 3 aromatic carbocycles. The van der Waals surface area contributed by atoms with Gasteiger partial charge in [-0.25, -0.2) is 4.98 Å². The second kappa shape index (κ2) is 20.7. The number of imidazole rings is 1. The standard InChI is InChI=1S/C35H41N3.4C2H6.C2H4/c1-7-35(5,6)30-22-32-28(27-15-11-12-16-31(27)38(32)26-13-9-8-10-14-26)21-29(30)34-36-17-18-37(34)33-24(3)19-23(2)20-25(33)4;5*1-2/h11-12,15-22,26H,7-10,13-14H2,1-6H3;4*1-2H3;1-2H2. The Labute approximate surface area is 295 Å². The van der Waals surface area contributed by atoms with Crippen LogP contribution >= 0.6 is 0 Å². The number of aryl methyl sites for hydroxylation is 3. The maximum atomic E-state index is 5.02. The summed E-state index contributed by atoms with van der Waals surface area (Å²) < 4.78 is 5.00. The molecule has 0 spiro atoms. The molecule has 1 saturated carbocycles. The highest BCUT2D eigenvalue weighted by molar-refractivity contribution is 6.10. The summed E-state index contributed by atoms with van der Waals surface area (Å²) in [5.74, 6) is 1.04. The highest BCUT2D eigenvalue weighted by Gasteiger charge is 2.28. The molecule has 0 saturated heterocycles. The summed E-state index contributed by atoms with van der Waals surface area (Å²) in [7, 11) is 0. The van der Waals surface area contributed by atoms with Crippen LogP contribution < -0.4 is 0 Å². The van der Waals surface area contributed by atoms with E-state index in [9.17, 15) is 0 Å². The lowest BCUT2D eigenvalue weighted by Gasteiger charge is -2.29. The minimum Gasteiger partial charge on any atom is -0.337 e. The van der Waals surface area contributed by atoms with Gasteiger partial charge in [-0.15, -0.1) is 13.2 Å². The Morgan fingerprint density at radius 2 is 1.31 bits per heavy atom. The van der Waals surface area contributed by atoms with E-state index in [-0.39, 0.29) is 5.41 Å². The van der Waals surface area contributed by atoms with Gasteiger partial charge in [0.2, 0.25) is 0 Å². The fourth-order valence-corrected chi connectivity index (χ4v) is 6.95. The second-order valence-electron chi connectivity index (χ2n) is 12.2. The molecule has 0 atom stereocenters. The highest BCUT2D eigenvalue weighted by Crippen LogP contribution is 2.44. The van der Waals surface area contributed by atoms with Gasteiger partial charge in [-0.1, -0.05) is 131 Å². The number of fused-ring (bicyclic) bond motifs is 3. The summed E-state index contributed by atoms with van der Waals surface area (Å²) >= 11 is 0. The third kappa shape index (κ3) is 8.90. The summed E-state index contributed by atoms with van der Waals surface area (Å²) in [4.78, 5) is 5.02. The summed E-state index contributed by atoms with van der Waals surface area (Å²) in [6.07, 6.45) is 11.7. The van der Waals surface area contributed by atoms with Gasteiger partial charge in [-0.2, -0.15) is 0 Å². The molecule has 1 aliphatic rings. The number of aromatic nitrogens is 3. The average Bonchev–Trinajstić information content (AvgIpc) is 3.74. The normalized spacial score (nSPS) is 12.5. The molecular formula is C45H69N3. The first kappa shape index (κ1) is 42.4. The van der Waals surface area contributed by atoms with E-state index in [1.54, 1.807) is 0 Å². The maximum absolute atomic E-state index is 5.02. The number of rotatable bonds is 5. The third-order valence-electron chi connectivity index (χ3n) is 9.16. The zero-order chi connectivity index (χ0) is 36.6. The van der Waals surface area contributed by atoms with Gasteiger partial charge in [-0.05, 0) is 80.3 Å². The van der Waals surface area contributed by atoms with E-state index in [4.69, 9.17) is 4.98 Å². The maximum Gasteiger partial charge on any atom is 0.144 e. The molecular weight excluding hydrogens is 583 g/mol. The molecule has 1 aliphatic carbocycles. The van der Waals surface area contributed by atoms with E-state index in [0.717, 1.165) is 12.2 Å². The molecule has 0 radical (unpaired) electrons.